The van der Waals surface area contributed by atoms with Crippen molar-refractivity contribution in [2.24, 2.45) is 5.73 Å². The van der Waals surface area contributed by atoms with Gasteiger partial charge in [-0.25, -0.2) is 0 Å². The first-order valence-electron chi connectivity index (χ1n) is 6.86. The molecule has 0 fully saturated rings. The lowest BCUT2D eigenvalue weighted by molar-refractivity contribution is 0.414. The van der Waals surface area contributed by atoms with Crippen molar-refractivity contribution >= 4 is 5.69 Å². The molecule has 0 unspecified atom stereocenters. The summed E-state index contributed by atoms with van der Waals surface area (Å²) in [5.74, 6) is 0.920. The Balaban J connectivity index is 1.91. The molecule has 0 saturated heterocycles. The molecule has 1 aliphatic heterocycles. The van der Waals surface area contributed by atoms with Crippen molar-refractivity contribution in [3.05, 3.63) is 53.3 Å². The summed E-state index contributed by atoms with van der Waals surface area (Å²) < 4.78 is 5.46. The summed E-state index contributed by atoms with van der Waals surface area (Å²) >= 11 is 0. The van der Waals surface area contributed by atoms with E-state index in [1.54, 1.807) is 7.11 Å². The molecule has 0 spiro atoms. The van der Waals surface area contributed by atoms with Gasteiger partial charge in [0.25, 0.3) is 0 Å². The van der Waals surface area contributed by atoms with Crippen molar-refractivity contribution in [2.45, 2.75) is 19.5 Å². The second-order valence-corrected chi connectivity index (χ2v) is 4.99. The quantitative estimate of drug-likeness (QED) is 0.927. The number of hydrogen-bond donors (Lipinski definition) is 1. The maximum absolute atomic E-state index is 5.68. The molecular weight excluding hydrogens is 250 g/mol. The fourth-order valence-electron chi connectivity index (χ4n) is 2.70. The van der Waals surface area contributed by atoms with Gasteiger partial charge in [-0.1, -0.05) is 12.1 Å². The first-order chi connectivity index (χ1) is 9.81. The predicted octanol–water partition coefficient (Wildman–Crippen LogP) is 2.11. The monoisotopic (exact) mass is 269 g/mol. The molecule has 2 aromatic rings. The highest BCUT2D eigenvalue weighted by molar-refractivity contribution is 5.59. The molecule has 0 bridgehead atoms. The third-order valence-corrected chi connectivity index (χ3v) is 3.79. The Labute approximate surface area is 119 Å². The molecule has 1 aliphatic rings. The minimum Gasteiger partial charge on any atom is -0.495 e. The number of ether oxygens (including phenoxy) is 1. The van der Waals surface area contributed by atoms with E-state index in [-0.39, 0.29) is 0 Å². The van der Waals surface area contributed by atoms with Gasteiger partial charge in [-0.15, -0.1) is 0 Å². The molecule has 4 heteroatoms. The van der Waals surface area contributed by atoms with Gasteiger partial charge in [0.15, 0.2) is 0 Å². The summed E-state index contributed by atoms with van der Waals surface area (Å²) in [6, 6.07) is 10.3. The SMILES string of the molecule is COc1ccccc1N1CCc2cnc(CN)cc2C1. The third kappa shape index (κ3) is 2.34. The number of anilines is 1. The molecule has 2 heterocycles. The molecule has 1 aromatic carbocycles. The van der Waals surface area contributed by atoms with Gasteiger partial charge in [0.1, 0.15) is 5.75 Å². The fourth-order valence-corrected chi connectivity index (χ4v) is 2.70. The number of aromatic nitrogens is 1. The zero-order chi connectivity index (χ0) is 13.9. The molecule has 20 heavy (non-hydrogen) atoms. The van der Waals surface area contributed by atoms with Crippen LogP contribution in [0.1, 0.15) is 16.8 Å². The molecule has 0 saturated carbocycles. The Kier molecular flexibility index (Phi) is 3.56. The second kappa shape index (κ2) is 5.51. The van der Waals surface area contributed by atoms with E-state index in [0.29, 0.717) is 6.54 Å². The van der Waals surface area contributed by atoms with E-state index in [2.05, 4.69) is 22.0 Å². The summed E-state index contributed by atoms with van der Waals surface area (Å²) in [6.45, 7) is 2.35. The number of methoxy groups -OCH3 is 1. The van der Waals surface area contributed by atoms with Crippen molar-refractivity contribution in [3.63, 3.8) is 0 Å². The molecule has 104 valence electrons. The minimum atomic E-state index is 0.488. The van der Waals surface area contributed by atoms with Crippen LogP contribution in [0.15, 0.2) is 36.5 Å². The minimum absolute atomic E-state index is 0.488. The van der Waals surface area contributed by atoms with Crippen LogP contribution < -0.4 is 15.4 Å². The lowest BCUT2D eigenvalue weighted by Gasteiger charge is -2.31. The molecule has 0 radical (unpaired) electrons. The summed E-state index contributed by atoms with van der Waals surface area (Å²) in [6.07, 6.45) is 2.97. The van der Waals surface area contributed by atoms with Crippen LogP contribution in [-0.4, -0.2) is 18.6 Å². The lowest BCUT2D eigenvalue weighted by Crippen LogP contribution is -2.31. The Morgan fingerprint density at radius 3 is 2.95 bits per heavy atom. The van der Waals surface area contributed by atoms with Crippen LogP contribution >= 0.6 is 0 Å². The number of nitrogens with two attached hydrogens (primary N) is 1. The van der Waals surface area contributed by atoms with Gasteiger partial charge < -0.3 is 15.4 Å². The number of benzene rings is 1. The number of pyridine rings is 1. The topological polar surface area (TPSA) is 51.4 Å². The molecule has 0 aliphatic carbocycles. The lowest BCUT2D eigenvalue weighted by atomic mass is 10.0. The van der Waals surface area contributed by atoms with Crippen molar-refractivity contribution in [1.29, 1.82) is 0 Å². The first kappa shape index (κ1) is 12.9. The summed E-state index contributed by atoms with van der Waals surface area (Å²) in [5.41, 5.74) is 10.4. The van der Waals surface area contributed by atoms with Crippen molar-refractivity contribution in [1.82, 2.24) is 4.98 Å². The zero-order valence-electron chi connectivity index (χ0n) is 11.7. The van der Waals surface area contributed by atoms with Crippen LogP contribution in [0.25, 0.3) is 0 Å². The maximum atomic E-state index is 5.68. The largest absolute Gasteiger partial charge is 0.495 e. The highest BCUT2D eigenvalue weighted by Crippen LogP contribution is 2.31. The van der Waals surface area contributed by atoms with Gasteiger partial charge in [0.05, 0.1) is 18.5 Å². The van der Waals surface area contributed by atoms with Crippen LogP contribution in [0, 0.1) is 0 Å². The van der Waals surface area contributed by atoms with E-state index < -0.39 is 0 Å². The van der Waals surface area contributed by atoms with E-state index in [1.165, 1.54) is 11.1 Å². The number of nitrogens with zero attached hydrogens (tertiary/aromatic N) is 2. The van der Waals surface area contributed by atoms with Crippen LogP contribution in [0.3, 0.4) is 0 Å². The van der Waals surface area contributed by atoms with E-state index in [1.807, 2.05) is 24.4 Å². The Hall–Kier alpha value is -2.07. The number of para-hydroxylation sites is 2. The fraction of sp³-hybridized carbons (Fsp3) is 0.312. The average Bonchev–Trinajstić information content (AvgIpc) is 2.53. The second-order valence-electron chi connectivity index (χ2n) is 4.99. The smallest absolute Gasteiger partial charge is 0.142 e. The average molecular weight is 269 g/mol. The molecule has 0 atom stereocenters. The molecule has 1 aromatic heterocycles. The molecule has 4 nitrogen and oxygen atoms in total. The van der Waals surface area contributed by atoms with Gasteiger partial charge in [-0.2, -0.15) is 0 Å². The number of hydrogen-bond acceptors (Lipinski definition) is 4. The Morgan fingerprint density at radius 2 is 2.15 bits per heavy atom. The van der Waals surface area contributed by atoms with E-state index in [4.69, 9.17) is 10.5 Å². The molecule has 3 rings (SSSR count). The van der Waals surface area contributed by atoms with Crippen molar-refractivity contribution in [2.75, 3.05) is 18.6 Å². The van der Waals surface area contributed by atoms with Gasteiger partial charge in [-0.3, -0.25) is 4.98 Å². The molecule has 2 N–H and O–H groups in total. The van der Waals surface area contributed by atoms with Gasteiger partial charge >= 0.3 is 0 Å². The number of rotatable bonds is 3. The molecule has 0 amide bonds. The van der Waals surface area contributed by atoms with Crippen molar-refractivity contribution in [3.8, 4) is 5.75 Å². The standard InChI is InChI=1S/C16H19N3O/c1-20-16-5-3-2-4-15(16)19-7-6-12-10-18-14(9-17)8-13(12)11-19/h2-5,8,10H,6-7,9,11,17H2,1H3. The van der Waals surface area contributed by atoms with Crippen LogP contribution in [0.5, 0.6) is 5.75 Å². The van der Waals surface area contributed by atoms with Crippen LogP contribution in [-0.2, 0) is 19.5 Å². The Bertz CT molecular complexity index is 612. The van der Waals surface area contributed by atoms with Crippen LogP contribution in [0.4, 0.5) is 5.69 Å². The van der Waals surface area contributed by atoms with Gasteiger partial charge in [0.2, 0.25) is 0 Å². The van der Waals surface area contributed by atoms with E-state index in [0.717, 1.165) is 36.6 Å². The van der Waals surface area contributed by atoms with E-state index in [9.17, 15) is 0 Å². The molecular formula is C16H19N3O. The predicted molar refractivity (Wildman–Crippen MR) is 79.9 cm³/mol. The van der Waals surface area contributed by atoms with Gasteiger partial charge in [-0.05, 0) is 35.7 Å². The zero-order valence-corrected chi connectivity index (χ0v) is 11.7. The van der Waals surface area contributed by atoms with E-state index >= 15 is 0 Å². The van der Waals surface area contributed by atoms with Crippen LogP contribution in [0.2, 0.25) is 0 Å². The normalized spacial score (nSPS) is 14.0. The summed E-state index contributed by atoms with van der Waals surface area (Å²) in [4.78, 5) is 6.72. The highest BCUT2D eigenvalue weighted by atomic mass is 16.5. The third-order valence-electron chi connectivity index (χ3n) is 3.79. The first-order valence-corrected chi connectivity index (χ1v) is 6.86. The highest BCUT2D eigenvalue weighted by Gasteiger charge is 2.19. The van der Waals surface area contributed by atoms with Crippen molar-refractivity contribution < 1.29 is 4.74 Å². The van der Waals surface area contributed by atoms with Gasteiger partial charge in [0, 0.05) is 25.8 Å². The Morgan fingerprint density at radius 1 is 1.30 bits per heavy atom. The summed E-state index contributed by atoms with van der Waals surface area (Å²) in [5, 5.41) is 0. The number of fused-ring (bicyclic) bond motifs is 1. The maximum Gasteiger partial charge on any atom is 0.142 e. The summed E-state index contributed by atoms with van der Waals surface area (Å²) in [7, 11) is 1.72.